The fourth-order valence-corrected chi connectivity index (χ4v) is 2.83. The summed E-state index contributed by atoms with van der Waals surface area (Å²) in [4.78, 5) is 0. The molecule has 3 aromatic rings. The molecule has 0 saturated heterocycles. The van der Waals surface area contributed by atoms with Crippen molar-refractivity contribution < 1.29 is 14.6 Å². The molecular weight excluding hydrogens is 364 g/mol. The summed E-state index contributed by atoms with van der Waals surface area (Å²) in [6.07, 6.45) is 0.296. The van der Waals surface area contributed by atoms with Crippen LogP contribution in [-0.4, -0.2) is 30.9 Å². The first-order chi connectivity index (χ1) is 14.2. The summed E-state index contributed by atoms with van der Waals surface area (Å²) in [5.74, 6) is 1.42. The third-order valence-electron chi connectivity index (χ3n) is 4.45. The molecule has 5 nitrogen and oxygen atoms in total. The first kappa shape index (κ1) is 20.7. The topological polar surface area (TPSA) is 76.7 Å². The smallest absolute Gasteiger partial charge is 0.123 e. The Balaban J connectivity index is 1.35. The van der Waals surface area contributed by atoms with Crippen LogP contribution in [0.1, 0.15) is 11.1 Å². The number of aliphatic hydroxyl groups is 1. The molecule has 0 spiro atoms. The molecule has 0 heterocycles. The molecule has 0 aliphatic heterocycles. The van der Waals surface area contributed by atoms with Gasteiger partial charge in [0.25, 0.3) is 0 Å². The van der Waals surface area contributed by atoms with E-state index in [2.05, 4.69) is 5.32 Å². The van der Waals surface area contributed by atoms with E-state index in [0.29, 0.717) is 18.9 Å². The van der Waals surface area contributed by atoms with Gasteiger partial charge < -0.3 is 25.6 Å². The van der Waals surface area contributed by atoms with Crippen molar-refractivity contribution in [3.63, 3.8) is 0 Å². The molecule has 1 unspecified atom stereocenters. The summed E-state index contributed by atoms with van der Waals surface area (Å²) >= 11 is 0. The van der Waals surface area contributed by atoms with Gasteiger partial charge >= 0.3 is 0 Å². The van der Waals surface area contributed by atoms with Gasteiger partial charge in [0.2, 0.25) is 0 Å². The second-order valence-corrected chi connectivity index (χ2v) is 6.91. The molecule has 0 aromatic heterocycles. The molecule has 0 fully saturated rings. The molecule has 3 aromatic carbocycles. The summed E-state index contributed by atoms with van der Waals surface area (Å²) < 4.78 is 11.5. The lowest BCUT2D eigenvalue weighted by molar-refractivity contribution is 0.106. The number of hydrogen-bond acceptors (Lipinski definition) is 5. The Morgan fingerprint density at radius 1 is 0.828 bits per heavy atom. The molecule has 3 rings (SSSR count). The van der Waals surface area contributed by atoms with Crippen LogP contribution in [0.2, 0.25) is 0 Å². The number of rotatable bonds is 11. The van der Waals surface area contributed by atoms with Crippen LogP contribution in [0.4, 0.5) is 5.69 Å². The van der Waals surface area contributed by atoms with Gasteiger partial charge in [-0.1, -0.05) is 48.5 Å². The lowest BCUT2D eigenvalue weighted by atomic mass is 10.1. The van der Waals surface area contributed by atoms with Gasteiger partial charge in [-0.25, -0.2) is 0 Å². The van der Waals surface area contributed by atoms with Gasteiger partial charge in [0.15, 0.2) is 0 Å². The average Bonchev–Trinajstić information content (AvgIpc) is 2.76. The Bertz CT molecular complexity index is 854. The van der Waals surface area contributed by atoms with Gasteiger partial charge in [-0.15, -0.1) is 0 Å². The second-order valence-electron chi connectivity index (χ2n) is 6.91. The monoisotopic (exact) mass is 392 g/mol. The van der Waals surface area contributed by atoms with E-state index < -0.39 is 6.10 Å². The molecule has 5 heteroatoms. The summed E-state index contributed by atoms with van der Waals surface area (Å²) in [5, 5.41) is 13.4. The van der Waals surface area contributed by atoms with Crippen LogP contribution in [0.15, 0.2) is 78.9 Å². The predicted molar refractivity (Wildman–Crippen MR) is 116 cm³/mol. The van der Waals surface area contributed by atoms with Crippen molar-refractivity contribution in [3.05, 3.63) is 90.0 Å². The maximum atomic E-state index is 10.1. The fourth-order valence-electron chi connectivity index (χ4n) is 2.83. The molecule has 0 radical (unpaired) electrons. The van der Waals surface area contributed by atoms with Gasteiger partial charge in [-0.05, 0) is 48.4 Å². The van der Waals surface area contributed by atoms with Crippen molar-refractivity contribution in [1.82, 2.24) is 5.32 Å². The van der Waals surface area contributed by atoms with Crippen molar-refractivity contribution in [2.75, 3.05) is 25.4 Å². The van der Waals surface area contributed by atoms with Gasteiger partial charge in [0.1, 0.15) is 30.8 Å². The number of ether oxygens (including phenoxy) is 2. The Morgan fingerprint density at radius 2 is 1.55 bits per heavy atom. The SMILES string of the molecule is Nc1ccc(CCNCC(O)COc2cccc(OCc3ccccc3)c2)cc1. The number of hydrogen-bond donors (Lipinski definition) is 3. The van der Waals surface area contributed by atoms with Crippen LogP contribution in [0, 0.1) is 0 Å². The molecular formula is C24H28N2O3. The predicted octanol–water partition coefficient (Wildman–Crippen LogP) is 3.42. The van der Waals surface area contributed by atoms with Crippen LogP contribution >= 0.6 is 0 Å². The van der Waals surface area contributed by atoms with Crippen LogP contribution in [0.25, 0.3) is 0 Å². The highest BCUT2D eigenvalue weighted by atomic mass is 16.5. The molecule has 29 heavy (non-hydrogen) atoms. The van der Waals surface area contributed by atoms with E-state index in [1.54, 1.807) is 0 Å². The van der Waals surface area contributed by atoms with Gasteiger partial charge in [-0.2, -0.15) is 0 Å². The minimum Gasteiger partial charge on any atom is -0.491 e. The third-order valence-corrected chi connectivity index (χ3v) is 4.45. The molecule has 0 aliphatic rings. The minimum absolute atomic E-state index is 0.219. The molecule has 0 amide bonds. The molecule has 1 atom stereocenters. The van der Waals surface area contributed by atoms with Crippen LogP contribution < -0.4 is 20.5 Å². The van der Waals surface area contributed by atoms with Gasteiger partial charge in [0.05, 0.1) is 0 Å². The lowest BCUT2D eigenvalue weighted by Crippen LogP contribution is -2.32. The quantitative estimate of drug-likeness (QED) is 0.344. The first-order valence-corrected chi connectivity index (χ1v) is 9.82. The maximum Gasteiger partial charge on any atom is 0.123 e. The van der Waals surface area contributed by atoms with Gasteiger partial charge in [0, 0.05) is 18.3 Å². The number of aliphatic hydroxyl groups excluding tert-OH is 1. The highest BCUT2D eigenvalue weighted by Gasteiger charge is 2.06. The van der Waals surface area contributed by atoms with Crippen molar-refractivity contribution in [1.29, 1.82) is 0 Å². The standard InChI is InChI=1S/C24H28N2O3/c25-21-11-9-19(10-12-21)13-14-26-16-22(27)18-29-24-8-4-7-23(15-24)28-17-20-5-2-1-3-6-20/h1-12,15,22,26-27H,13-14,16-18,25H2. The van der Waals surface area contributed by atoms with E-state index in [1.807, 2.05) is 78.9 Å². The zero-order valence-corrected chi connectivity index (χ0v) is 16.5. The van der Waals surface area contributed by atoms with E-state index >= 15 is 0 Å². The molecule has 152 valence electrons. The molecule has 4 N–H and O–H groups in total. The highest BCUT2D eigenvalue weighted by Crippen LogP contribution is 2.20. The fraction of sp³-hybridized carbons (Fsp3) is 0.250. The van der Waals surface area contributed by atoms with Crippen molar-refractivity contribution in [2.45, 2.75) is 19.1 Å². The minimum atomic E-state index is -0.588. The third kappa shape index (κ3) is 7.49. The first-order valence-electron chi connectivity index (χ1n) is 9.82. The molecule has 0 bridgehead atoms. The molecule has 0 aliphatic carbocycles. The summed E-state index contributed by atoms with van der Waals surface area (Å²) in [5.41, 5.74) is 8.78. The summed E-state index contributed by atoms with van der Waals surface area (Å²) in [6.45, 7) is 1.98. The lowest BCUT2D eigenvalue weighted by Gasteiger charge is -2.14. The number of nitrogens with one attached hydrogen (secondary N) is 1. The molecule has 0 saturated carbocycles. The Labute approximate surface area is 172 Å². The number of benzene rings is 3. The van der Waals surface area contributed by atoms with Crippen LogP contribution in [-0.2, 0) is 13.0 Å². The van der Waals surface area contributed by atoms with Crippen molar-refractivity contribution >= 4 is 5.69 Å². The van der Waals surface area contributed by atoms with Gasteiger partial charge in [-0.3, -0.25) is 0 Å². The van der Waals surface area contributed by atoms with Crippen LogP contribution in [0.5, 0.6) is 11.5 Å². The van der Waals surface area contributed by atoms with Crippen LogP contribution in [0.3, 0.4) is 0 Å². The van der Waals surface area contributed by atoms with E-state index in [9.17, 15) is 5.11 Å². The number of nitrogens with two attached hydrogens (primary N) is 1. The maximum absolute atomic E-state index is 10.1. The Hall–Kier alpha value is -3.02. The number of nitrogen functional groups attached to an aromatic ring is 1. The number of anilines is 1. The Morgan fingerprint density at radius 3 is 2.31 bits per heavy atom. The van der Waals surface area contributed by atoms with E-state index in [-0.39, 0.29) is 6.61 Å². The largest absolute Gasteiger partial charge is 0.491 e. The summed E-state index contributed by atoms with van der Waals surface area (Å²) in [7, 11) is 0. The normalized spacial score (nSPS) is 11.8. The van der Waals surface area contributed by atoms with E-state index in [1.165, 1.54) is 5.56 Å². The van der Waals surface area contributed by atoms with E-state index in [0.717, 1.165) is 30.0 Å². The van der Waals surface area contributed by atoms with Crippen molar-refractivity contribution in [3.8, 4) is 11.5 Å². The zero-order valence-electron chi connectivity index (χ0n) is 16.5. The van der Waals surface area contributed by atoms with E-state index in [4.69, 9.17) is 15.2 Å². The highest BCUT2D eigenvalue weighted by molar-refractivity contribution is 5.39. The van der Waals surface area contributed by atoms with Crippen molar-refractivity contribution in [2.24, 2.45) is 0 Å². The Kier molecular flexibility index (Phi) is 7.92. The average molecular weight is 392 g/mol. The second kappa shape index (κ2) is 11.1. The summed E-state index contributed by atoms with van der Waals surface area (Å²) in [6, 6.07) is 25.3. The zero-order chi connectivity index (χ0) is 20.3.